The third-order valence-electron chi connectivity index (χ3n) is 10.8. The molecule has 15 nitrogen and oxygen atoms in total. The normalized spacial score (nSPS) is 24.6. The summed E-state index contributed by atoms with van der Waals surface area (Å²) in [7, 11) is 0. The van der Waals surface area contributed by atoms with Crippen LogP contribution in [-0.4, -0.2) is 119 Å². The Morgan fingerprint density at radius 1 is 1.02 bits per heavy atom. The summed E-state index contributed by atoms with van der Waals surface area (Å²) in [6.07, 6.45) is 3.61. The van der Waals surface area contributed by atoms with E-state index < -0.39 is 41.5 Å². The van der Waals surface area contributed by atoms with Crippen LogP contribution in [0.25, 0.3) is 16.7 Å². The Hall–Kier alpha value is -4.63. The highest BCUT2D eigenvalue weighted by Crippen LogP contribution is 2.52. The summed E-state index contributed by atoms with van der Waals surface area (Å²) < 4.78 is 25.7. The molecule has 1 aromatic carbocycles. The quantitative estimate of drug-likeness (QED) is 0.233. The van der Waals surface area contributed by atoms with E-state index in [1.54, 1.807) is 10.7 Å². The Balaban J connectivity index is 1.11. The van der Waals surface area contributed by atoms with Crippen molar-refractivity contribution in [1.82, 2.24) is 29.9 Å². The van der Waals surface area contributed by atoms with Crippen molar-refractivity contribution < 1.29 is 33.3 Å². The highest BCUT2D eigenvalue weighted by molar-refractivity contribution is 5.92. The van der Waals surface area contributed by atoms with Gasteiger partial charge in [-0.05, 0) is 62.5 Å². The zero-order valence-electron chi connectivity index (χ0n) is 32.0. The largest absolute Gasteiger partial charge is 0.492 e. The van der Waals surface area contributed by atoms with Gasteiger partial charge in [0.2, 0.25) is 11.8 Å². The van der Waals surface area contributed by atoms with Crippen molar-refractivity contribution in [3.63, 3.8) is 0 Å². The van der Waals surface area contributed by atoms with Crippen LogP contribution >= 0.6 is 0 Å². The van der Waals surface area contributed by atoms with E-state index in [1.165, 1.54) is 11.3 Å². The number of alkyl carbamates (subject to hydrolysis) is 1. The lowest BCUT2D eigenvalue weighted by Crippen LogP contribution is -2.57. The minimum Gasteiger partial charge on any atom is -0.492 e. The number of pyridine rings is 1. The second-order valence-corrected chi connectivity index (χ2v) is 16.5. The van der Waals surface area contributed by atoms with E-state index in [1.807, 2.05) is 65.1 Å². The fraction of sp³-hybridized carbons (Fsp3) is 0.615. The topological polar surface area (TPSA) is 175 Å². The van der Waals surface area contributed by atoms with E-state index in [0.717, 1.165) is 51.1 Å². The summed E-state index contributed by atoms with van der Waals surface area (Å²) in [6.45, 7) is 14.3. The lowest BCUT2D eigenvalue weighted by molar-refractivity contribution is -0.141. The van der Waals surface area contributed by atoms with Gasteiger partial charge in [-0.3, -0.25) is 14.5 Å². The summed E-state index contributed by atoms with van der Waals surface area (Å²) in [5.41, 5.74) is 5.85. The average Bonchev–Trinajstić information content (AvgIpc) is 3.45. The van der Waals surface area contributed by atoms with Crippen molar-refractivity contribution >= 4 is 34.6 Å². The van der Waals surface area contributed by atoms with Gasteiger partial charge >= 0.3 is 6.09 Å². The van der Waals surface area contributed by atoms with Gasteiger partial charge in [0.25, 0.3) is 0 Å². The van der Waals surface area contributed by atoms with Crippen molar-refractivity contribution in [2.75, 3.05) is 51.3 Å². The standard InChI is InChI=1S/C39H54N8O7/c1-23(2)41-33-8-9-47(44-33)34-21-32(29-7-6-26(19-30(29)42-34)52-15-12-45-10-13-51-14-11-45)53-28-20-31(36(40)48)46(22-28)37(49)35(39(3,4)5)43-38(50)54-27-17-24-16-25(24)18-27/h6-9,19,21,23-25,27-28,31,35H,10-18,20,22H2,1-5H3,(H2,40,48)(H,41,44)(H,43,50)/t24-,25?,27?,28?,31-,35+/m0/s1. The predicted molar refractivity (Wildman–Crippen MR) is 202 cm³/mol. The summed E-state index contributed by atoms with van der Waals surface area (Å²) in [4.78, 5) is 48.8. The number of ether oxygens (including phenoxy) is 4. The van der Waals surface area contributed by atoms with Gasteiger partial charge in [-0.25, -0.2) is 14.5 Å². The Bertz CT molecular complexity index is 1830. The molecule has 2 saturated carbocycles. The number of nitrogens with one attached hydrogen (secondary N) is 2. The molecule has 2 aromatic heterocycles. The molecule has 4 aliphatic rings. The molecular formula is C39H54N8O7. The van der Waals surface area contributed by atoms with Gasteiger partial charge < -0.3 is 40.2 Å². The zero-order valence-corrected chi connectivity index (χ0v) is 32.0. The van der Waals surface area contributed by atoms with Gasteiger partial charge in [0.05, 0.1) is 25.3 Å². The minimum atomic E-state index is -0.954. The van der Waals surface area contributed by atoms with Crippen LogP contribution in [0.2, 0.25) is 0 Å². The first-order valence-corrected chi connectivity index (χ1v) is 19.2. The van der Waals surface area contributed by atoms with Crippen LogP contribution in [-0.2, 0) is 19.1 Å². The number of primary amides is 1. The highest BCUT2D eigenvalue weighted by Gasteiger charge is 2.48. The Morgan fingerprint density at radius 3 is 2.48 bits per heavy atom. The summed E-state index contributed by atoms with van der Waals surface area (Å²) in [5, 5.41) is 11.5. The molecule has 3 amide bonds. The molecule has 292 valence electrons. The fourth-order valence-electron chi connectivity index (χ4n) is 7.86. The second kappa shape index (κ2) is 15.6. The Morgan fingerprint density at radius 2 is 1.78 bits per heavy atom. The summed E-state index contributed by atoms with van der Waals surface area (Å²) in [5.74, 6) is 2.64. The van der Waals surface area contributed by atoms with Crippen LogP contribution in [0.3, 0.4) is 0 Å². The number of nitrogens with zero attached hydrogens (tertiary/aromatic N) is 5. The number of carbonyl (C=O) groups excluding carboxylic acids is 3. The predicted octanol–water partition coefficient (Wildman–Crippen LogP) is 3.72. The number of hydrogen-bond acceptors (Lipinski definition) is 11. The SMILES string of the molecule is CC(C)Nc1ccn(-c2cc(OC3C[C@@H](C(N)=O)N(C(=O)[C@@H](NC(=O)OC4CC5C[C@H]5C4)C(C)(C)C)C3)c3ccc(OCCN4CCOCC4)cc3n2)n1. The Labute approximate surface area is 316 Å². The first kappa shape index (κ1) is 37.7. The smallest absolute Gasteiger partial charge is 0.408 e. The minimum absolute atomic E-state index is 0.0911. The Kier molecular flexibility index (Phi) is 10.9. The van der Waals surface area contributed by atoms with E-state index in [-0.39, 0.29) is 25.1 Å². The van der Waals surface area contributed by atoms with Gasteiger partial charge in [0, 0.05) is 61.9 Å². The number of hydrogen-bond donors (Lipinski definition) is 3. The number of benzene rings is 1. The number of rotatable bonds is 13. The van der Waals surface area contributed by atoms with Crippen LogP contribution in [0.15, 0.2) is 36.5 Å². The molecule has 0 radical (unpaired) electrons. The number of fused-ring (bicyclic) bond motifs is 2. The first-order valence-electron chi connectivity index (χ1n) is 19.2. The van der Waals surface area contributed by atoms with Crippen LogP contribution in [0.4, 0.5) is 10.6 Å². The number of amides is 3. The number of likely N-dealkylation sites (tertiary alicyclic amines) is 1. The molecule has 6 atom stereocenters. The number of aromatic nitrogens is 3. The number of nitrogens with two attached hydrogens (primary N) is 1. The van der Waals surface area contributed by atoms with Crippen molar-refractivity contribution in [3.8, 4) is 17.3 Å². The zero-order chi connectivity index (χ0) is 38.1. The molecule has 0 spiro atoms. The third-order valence-corrected chi connectivity index (χ3v) is 10.8. The molecule has 3 aromatic rings. The van der Waals surface area contributed by atoms with Crippen molar-refractivity contribution in [3.05, 3.63) is 36.5 Å². The molecule has 15 heteroatoms. The van der Waals surface area contributed by atoms with Gasteiger partial charge in [-0.15, -0.1) is 5.10 Å². The third kappa shape index (κ3) is 8.84. The molecular weight excluding hydrogens is 692 g/mol. The van der Waals surface area contributed by atoms with Gasteiger partial charge in [0.15, 0.2) is 5.82 Å². The molecule has 4 fully saturated rings. The molecule has 7 rings (SSSR count). The van der Waals surface area contributed by atoms with Crippen molar-refractivity contribution in [2.24, 2.45) is 23.0 Å². The van der Waals surface area contributed by atoms with E-state index in [2.05, 4.69) is 20.6 Å². The number of morpholine rings is 1. The lowest BCUT2D eigenvalue weighted by Gasteiger charge is -2.35. The van der Waals surface area contributed by atoms with Gasteiger partial charge in [0.1, 0.15) is 48.2 Å². The molecule has 4 heterocycles. The van der Waals surface area contributed by atoms with Gasteiger partial charge in [-0.1, -0.05) is 20.8 Å². The average molecular weight is 747 g/mol. The maximum Gasteiger partial charge on any atom is 0.408 e. The molecule has 2 aliphatic heterocycles. The summed E-state index contributed by atoms with van der Waals surface area (Å²) >= 11 is 0. The molecule has 0 bridgehead atoms. The molecule has 2 saturated heterocycles. The highest BCUT2D eigenvalue weighted by atomic mass is 16.6. The maximum atomic E-state index is 14.2. The molecule has 3 unspecified atom stereocenters. The van der Waals surface area contributed by atoms with Crippen molar-refractivity contribution in [2.45, 2.75) is 90.6 Å². The van der Waals surface area contributed by atoms with Crippen LogP contribution in [0.1, 0.15) is 60.3 Å². The van der Waals surface area contributed by atoms with E-state index in [0.29, 0.717) is 47.1 Å². The molecule has 54 heavy (non-hydrogen) atoms. The number of carbonyl (C=O) groups is 3. The summed E-state index contributed by atoms with van der Waals surface area (Å²) in [6, 6.07) is 7.66. The van der Waals surface area contributed by atoms with E-state index in [4.69, 9.17) is 29.7 Å². The van der Waals surface area contributed by atoms with Crippen LogP contribution in [0.5, 0.6) is 11.5 Å². The first-order chi connectivity index (χ1) is 25.8. The van der Waals surface area contributed by atoms with Crippen molar-refractivity contribution in [1.29, 1.82) is 0 Å². The number of anilines is 1. The van der Waals surface area contributed by atoms with Gasteiger partial charge in [-0.2, -0.15) is 0 Å². The molecule has 2 aliphatic carbocycles. The lowest BCUT2D eigenvalue weighted by atomic mass is 9.85. The van der Waals surface area contributed by atoms with Crippen LogP contribution in [0, 0.1) is 17.3 Å². The fourth-order valence-corrected chi connectivity index (χ4v) is 7.86. The maximum absolute atomic E-state index is 14.2. The van der Waals surface area contributed by atoms with E-state index >= 15 is 0 Å². The van der Waals surface area contributed by atoms with E-state index in [9.17, 15) is 14.4 Å². The van der Waals surface area contributed by atoms with Crippen LogP contribution < -0.4 is 25.8 Å². The monoisotopic (exact) mass is 746 g/mol. The molecule has 4 N–H and O–H groups in total. The second-order valence-electron chi connectivity index (χ2n) is 16.5.